The molecule has 0 spiro atoms. The second kappa shape index (κ2) is 12.0. The summed E-state index contributed by atoms with van der Waals surface area (Å²) in [5.74, 6) is 0. The summed E-state index contributed by atoms with van der Waals surface area (Å²) >= 11 is 4.65. The Balaban J connectivity index is 0. The molecule has 1 N–H and O–H groups in total. The van der Waals surface area contributed by atoms with E-state index in [1.807, 2.05) is 27.7 Å². The van der Waals surface area contributed by atoms with Gasteiger partial charge in [0.1, 0.15) is 0 Å². The highest BCUT2D eigenvalue weighted by Crippen LogP contribution is 1.73. The molecule has 1 heterocycles. The van der Waals surface area contributed by atoms with Crippen LogP contribution in [0.25, 0.3) is 0 Å². The summed E-state index contributed by atoms with van der Waals surface area (Å²) in [4.78, 5) is 6.47. The minimum absolute atomic E-state index is 0.530. The molecule has 3 heteroatoms. The van der Waals surface area contributed by atoms with Crippen LogP contribution in [0.2, 0.25) is 0 Å². The first kappa shape index (κ1) is 12.9. The molecule has 11 heavy (non-hydrogen) atoms. The average Bonchev–Trinajstić information content (AvgIpc) is 2.13. The van der Waals surface area contributed by atoms with Crippen molar-refractivity contribution in [2.45, 2.75) is 27.7 Å². The first-order valence-corrected chi connectivity index (χ1v) is 4.30. The Hall–Kier alpha value is -0.700. The lowest BCUT2D eigenvalue weighted by molar-refractivity contribution is 1.13. The van der Waals surface area contributed by atoms with Crippen molar-refractivity contribution < 1.29 is 0 Å². The fraction of sp³-hybridized carbons (Fsp3) is 0.500. The lowest BCUT2D eigenvalue weighted by Crippen LogP contribution is -1.72. The zero-order valence-corrected chi connectivity index (χ0v) is 8.40. The number of aromatic amines is 1. The van der Waals surface area contributed by atoms with Gasteiger partial charge in [-0.15, -0.1) is 0 Å². The van der Waals surface area contributed by atoms with Crippen LogP contribution in [0.5, 0.6) is 0 Å². The third kappa shape index (κ3) is 9.30. The fourth-order valence-electron chi connectivity index (χ4n) is 0.310. The molecule has 0 aliphatic heterocycles. The largest absolute Gasteiger partial charge is 0.337 e. The quantitative estimate of drug-likeness (QED) is 0.609. The summed E-state index contributed by atoms with van der Waals surface area (Å²) in [7, 11) is 0. The van der Waals surface area contributed by atoms with Gasteiger partial charge in [-0.05, 0) is 18.3 Å². The number of aromatic nitrogens is 2. The van der Waals surface area contributed by atoms with Crippen LogP contribution in [-0.2, 0) is 0 Å². The second-order valence-electron chi connectivity index (χ2n) is 1.09. The van der Waals surface area contributed by atoms with Gasteiger partial charge < -0.3 is 4.98 Å². The smallest absolute Gasteiger partial charge is 0.196 e. The van der Waals surface area contributed by atoms with E-state index in [2.05, 4.69) is 22.2 Å². The van der Waals surface area contributed by atoms with Gasteiger partial charge in [-0.2, -0.15) is 0 Å². The molecule has 1 rings (SSSR count). The molecule has 0 atom stereocenters. The van der Waals surface area contributed by atoms with E-state index >= 15 is 0 Å². The topological polar surface area (TPSA) is 28.7 Å². The molecular weight excluding hydrogens is 156 g/mol. The van der Waals surface area contributed by atoms with Gasteiger partial charge in [0.2, 0.25) is 0 Å². The number of nitrogens with zero attached hydrogens (tertiary/aromatic N) is 1. The molecule has 1 aromatic heterocycles. The zero-order valence-electron chi connectivity index (χ0n) is 7.59. The average molecular weight is 172 g/mol. The van der Waals surface area contributed by atoms with Crippen LogP contribution in [0.4, 0.5) is 0 Å². The van der Waals surface area contributed by atoms with Gasteiger partial charge in [0.05, 0.1) is 0 Å². The molecule has 1 aromatic rings. The van der Waals surface area contributed by atoms with Crippen LogP contribution >= 0.6 is 12.2 Å². The first-order valence-electron chi connectivity index (χ1n) is 3.89. The van der Waals surface area contributed by atoms with E-state index < -0.39 is 0 Å². The normalized spacial score (nSPS) is 6.55. The summed E-state index contributed by atoms with van der Waals surface area (Å²) < 4.78 is 0.530. The predicted octanol–water partition coefficient (Wildman–Crippen LogP) is 3.19. The fourth-order valence-corrected chi connectivity index (χ4v) is 0.439. The summed E-state index contributed by atoms with van der Waals surface area (Å²) in [5.41, 5.74) is 0. The Morgan fingerprint density at radius 1 is 1.27 bits per heavy atom. The van der Waals surface area contributed by atoms with Crippen molar-refractivity contribution in [2.75, 3.05) is 0 Å². The van der Waals surface area contributed by atoms with E-state index in [0.29, 0.717) is 4.77 Å². The second-order valence-corrected chi connectivity index (χ2v) is 1.47. The first-order chi connectivity index (χ1) is 5.39. The van der Waals surface area contributed by atoms with E-state index in [-0.39, 0.29) is 0 Å². The number of nitrogens with one attached hydrogen (secondary N) is 1. The Labute approximate surface area is 73.7 Å². The van der Waals surface area contributed by atoms with Gasteiger partial charge in [-0.25, -0.2) is 4.98 Å². The summed E-state index contributed by atoms with van der Waals surface area (Å²) in [6.07, 6.45) is 3.40. The third-order valence-corrected chi connectivity index (χ3v) is 0.804. The van der Waals surface area contributed by atoms with Crippen molar-refractivity contribution in [3.8, 4) is 0 Å². The number of hydrogen-bond acceptors (Lipinski definition) is 2. The number of hydrogen-bond donors (Lipinski definition) is 1. The molecule has 0 amide bonds. The van der Waals surface area contributed by atoms with Crippen molar-refractivity contribution in [3.63, 3.8) is 0 Å². The van der Waals surface area contributed by atoms with Gasteiger partial charge in [-0.1, -0.05) is 27.7 Å². The van der Waals surface area contributed by atoms with Crippen LogP contribution in [0.1, 0.15) is 27.7 Å². The van der Waals surface area contributed by atoms with Gasteiger partial charge in [0, 0.05) is 12.4 Å². The Morgan fingerprint density at radius 3 is 2.00 bits per heavy atom. The number of H-pyrrole nitrogens is 1. The minimum atomic E-state index is 0.530. The zero-order chi connectivity index (χ0) is 9.11. The highest BCUT2D eigenvalue weighted by Gasteiger charge is 1.66. The van der Waals surface area contributed by atoms with Crippen molar-refractivity contribution in [1.82, 2.24) is 9.97 Å². The standard InChI is InChI=1S/C4H4N2S.2C2H6/c7-4-5-2-1-3-6-4;2*1-2/h1-3H,(H,5,6,7);2*1-2H3. The molecule has 0 aliphatic rings. The molecule has 0 unspecified atom stereocenters. The summed E-state index contributed by atoms with van der Waals surface area (Å²) in [6, 6.07) is 1.79. The molecule has 0 aromatic carbocycles. The maximum atomic E-state index is 4.65. The Kier molecular flexibility index (Phi) is 14.1. The highest BCUT2D eigenvalue weighted by atomic mass is 32.1. The van der Waals surface area contributed by atoms with Gasteiger partial charge in [0.25, 0.3) is 0 Å². The number of rotatable bonds is 0. The lowest BCUT2D eigenvalue weighted by atomic mass is 10.7. The molecule has 0 saturated carbocycles. The van der Waals surface area contributed by atoms with E-state index in [1.165, 1.54) is 0 Å². The lowest BCUT2D eigenvalue weighted by Gasteiger charge is -1.75. The summed E-state index contributed by atoms with van der Waals surface area (Å²) in [6.45, 7) is 8.00. The van der Waals surface area contributed by atoms with Crippen molar-refractivity contribution in [3.05, 3.63) is 23.2 Å². The van der Waals surface area contributed by atoms with Crippen molar-refractivity contribution >= 4 is 12.2 Å². The monoisotopic (exact) mass is 172 g/mol. The van der Waals surface area contributed by atoms with Crippen molar-refractivity contribution in [2.24, 2.45) is 0 Å². The van der Waals surface area contributed by atoms with E-state index in [1.54, 1.807) is 18.5 Å². The molecule has 64 valence electrons. The Morgan fingerprint density at radius 2 is 1.82 bits per heavy atom. The molecular formula is C8H16N2S. The van der Waals surface area contributed by atoms with Crippen molar-refractivity contribution in [1.29, 1.82) is 0 Å². The summed E-state index contributed by atoms with van der Waals surface area (Å²) in [5, 5.41) is 0. The molecule has 0 bridgehead atoms. The molecule has 0 aliphatic carbocycles. The third-order valence-electron chi connectivity index (χ3n) is 0.581. The van der Waals surface area contributed by atoms with Gasteiger partial charge in [0.15, 0.2) is 4.77 Å². The molecule has 0 saturated heterocycles. The van der Waals surface area contributed by atoms with Gasteiger partial charge in [-0.3, -0.25) is 0 Å². The maximum absolute atomic E-state index is 4.65. The highest BCUT2D eigenvalue weighted by molar-refractivity contribution is 7.71. The predicted molar refractivity (Wildman–Crippen MR) is 52.1 cm³/mol. The van der Waals surface area contributed by atoms with E-state index in [0.717, 1.165) is 0 Å². The van der Waals surface area contributed by atoms with Crippen LogP contribution in [-0.4, -0.2) is 9.97 Å². The van der Waals surface area contributed by atoms with Crippen LogP contribution < -0.4 is 0 Å². The van der Waals surface area contributed by atoms with E-state index in [9.17, 15) is 0 Å². The van der Waals surface area contributed by atoms with Gasteiger partial charge >= 0.3 is 0 Å². The van der Waals surface area contributed by atoms with Crippen LogP contribution in [0.15, 0.2) is 18.5 Å². The van der Waals surface area contributed by atoms with Crippen LogP contribution in [0.3, 0.4) is 0 Å². The molecule has 2 nitrogen and oxygen atoms in total. The molecule has 0 fully saturated rings. The maximum Gasteiger partial charge on any atom is 0.196 e. The SMILES string of the molecule is CC.CC.S=c1nccc[nH]1. The minimum Gasteiger partial charge on any atom is -0.337 e. The molecule has 0 radical (unpaired) electrons. The van der Waals surface area contributed by atoms with E-state index in [4.69, 9.17) is 0 Å². The van der Waals surface area contributed by atoms with Crippen LogP contribution in [0, 0.1) is 4.77 Å². The Bertz CT molecular complexity index is 178.